The minimum absolute atomic E-state index is 0.0308. The number of anilines is 1. The van der Waals surface area contributed by atoms with Gasteiger partial charge >= 0.3 is 0 Å². The molecule has 1 unspecified atom stereocenters. The lowest BCUT2D eigenvalue weighted by Gasteiger charge is -2.23. The van der Waals surface area contributed by atoms with Crippen LogP contribution in [0.15, 0.2) is 12.4 Å². The van der Waals surface area contributed by atoms with Crippen molar-refractivity contribution in [3.63, 3.8) is 0 Å². The van der Waals surface area contributed by atoms with Crippen molar-refractivity contribution in [3.8, 4) is 0 Å². The molecule has 0 spiro atoms. The van der Waals surface area contributed by atoms with Gasteiger partial charge in [-0.1, -0.05) is 0 Å². The van der Waals surface area contributed by atoms with Gasteiger partial charge in [0, 0.05) is 31.5 Å². The van der Waals surface area contributed by atoms with Gasteiger partial charge < -0.3 is 10.2 Å². The Labute approximate surface area is 124 Å². The standard InChI is InChI=1S/C13H20N4O3S/c1-9(2)16-13-14-6-10(7-15-13)12(18)17(3)11-4-5-21(19,20)8-11/h6-7,9,11H,4-5,8H2,1-3H3,(H,14,15,16). The van der Waals surface area contributed by atoms with E-state index in [0.717, 1.165) is 0 Å². The summed E-state index contributed by atoms with van der Waals surface area (Å²) in [7, 11) is -1.39. The van der Waals surface area contributed by atoms with Crippen molar-refractivity contribution in [1.29, 1.82) is 0 Å². The van der Waals surface area contributed by atoms with Crippen LogP contribution < -0.4 is 5.32 Å². The second-order valence-corrected chi connectivity index (χ2v) is 7.80. The number of amides is 1. The third-order valence-corrected chi connectivity index (χ3v) is 5.14. The Bertz CT molecular complexity index is 613. The van der Waals surface area contributed by atoms with E-state index < -0.39 is 9.84 Å². The van der Waals surface area contributed by atoms with Gasteiger partial charge in [-0.2, -0.15) is 0 Å². The van der Waals surface area contributed by atoms with E-state index in [1.165, 1.54) is 17.3 Å². The summed E-state index contributed by atoms with van der Waals surface area (Å²) in [5, 5.41) is 3.04. The first-order valence-electron chi connectivity index (χ1n) is 6.84. The maximum Gasteiger partial charge on any atom is 0.257 e. The van der Waals surface area contributed by atoms with Crippen LogP contribution in [0.2, 0.25) is 0 Å². The molecule has 116 valence electrons. The fourth-order valence-electron chi connectivity index (χ4n) is 2.22. The molecule has 8 heteroatoms. The summed E-state index contributed by atoms with van der Waals surface area (Å²) in [6, 6.07) is -0.0612. The summed E-state index contributed by atoms with van der Waals surface area (Å²) < 4.78 is 23.0. The molecular formula is C13H20N4O3S. The molecule has 1 aromatic heterocycles. The molecule has 1 N–H and O–H groups in total. The van der Waals surface area contributed by atoms with Gasteiger partial charge in [0.15, 0.2) is 9.84 Å². The number of aromatic nitrogens is 2. The van der Waals surface area contributed by atoms with E-state index in [0.29, 0.717) is 17.9 Å². The second-order valence-electron chi connectivity index (χ2n) is 5.57. The van der Waals surface area contributed by atoms with Gasteiger partial charge in [-0.15, -0.1) is 0 Å². The minimum atomic E-state index is -3.01. The largest absolute Gasteiger partial charge is 0.352 e. The van der Waals surface area contributed by atoms with Crippen molar-refractivity contribution in [2.75, 3.05) is 23.9 Å². The second kappa shape index (κ2) is 5.97. The van der Waals surface area contributed by atoms with Crippen LogP contribution in [0.4, 0.5) is 5.95 Å². The third-order valence-electron chi connectivity index (χ3n) is 3.39. The summed E-state index contributed by atoms with van der Waals surface area (Å²) in [6.45, 7) is 3.94. The first kappa shape index (κ1) is 15.7. The predicted octanol–water partition coefficient (Wildman–Crippen LogP) is 0.556. The molecule has 0 radical (unpaired) electrons. The van der Waals surface area contributed by atoms with E-state index >= 15 is 0 Å². The van der Waals surface area contributed by atoms with Crippen LogP contribution >= 0.6 is 0 Å². The zero-order valence-corrected chi connectivity index (χ0v) is 13.2. The molecule has 2 rings (SSSR count). The van der Waals surface area contributed by atoms with Crippen LogP contribution in [0.5, 0.6) is 0 Å². The molecule has 1 aliphatic rings. The van der Waals surface area contributed by atoms with Gasteiger partial charge in [-0.25, -0.2) is 18.4 Å². The third kappa shape index (κ3) is 3.90. The monoisotopic (exact) mass is 312 g/mol. The maximum absolute atomic E-state index is 12.3. The number of sulfone groups is 1. The van der Waals surface area contributed by atoms with Crippen LogP contribution in [0.25, 0.3) is 0 Å². The van der Waals surface area contributed by atoms with Crippen molar-refractivity contribution >= 4 is 21.7 Å². The van der Waals surface area contributed by atoms with E-state index in [9.17, 15) is 13.2 Å². The minimum Gasteiger partial charge on any atom is -0.352 e. The van der Waals surface area contributed by atoms with E-state index in [1.54, 1.807) is 7.05 Å². The number of carbonyl (C=O) groups is 1. The predicted molar refractivity (Wildman–Crippen MR) is 79.9 cm³/mol. The van der Waals surface area contributed by atoms with Crippen molar-refractivity contribution in [2.24, 2.45) is 0 Å². The summed E-state index contributed by atoms with van der Waals surface area (Å²) in [5.74, 6) is 0.382. The van der Waals surface area contributed by atoms with Crippen LogP contribution in [0.3, 0.4) is 0 Å². The molecule has 1 aliphatic heterocycles. The SMILES string of the molecule is CC(C)Nc1ncc(C(=O)N(C)C2CCS(=O)(=O)C2)cn1. The normalized spacial score (nSPS) is 20.5. The molecule has 0 saturated carbocycles. The van der Waals surface area contributed by atoms with Gasteiger partial charge in [0.25, 0.3) is 5.91 Å². The highest BCUT2D eigenvalue weighted by atomic mass is 32.2. The lowest BCUT2D eigenvalue weighted by Crippen LogP contribution is -2.38. The zero-order valence-electron chi connectivity index (χ0n) is 12.4. The summed E-state index contributed by atoms with van der Waals surface area (Å²) in [6.07, 6.45) is 3.40. The Hall–Kier alpha value is -1.70. The first-order valence-corrected chi connectivity index (χ1v) is 8.67. The van der Waals surface area contributed by atoms with E-state index in [-0.39, 0.29) is 29.5 Å². The number of nitrogens with zero attached hydrogens (tertiary/aromatic N) is 3. The summed E-state index contributed by atoms with van der Waals surface area (Å²) in [4.78, 5) is 22.0. The molecule has 1 saturated heterocycles. The smallest absolute Gasteiger partial charge is 0.257 e. The van der Waals surface area contributed by atoms with E-state index in [1.807, 2.05) is 13.8 Å². The number of carbonyl (C=O) groups excluding carboxylic acids is 1. The number of hydrogen-bond donors (Lipinski definition) is 1. The van der Waals surface area contributed by atoms with Crippen molar-refractivity contribution in [3.05, 3.63) is 18.0 Å². The van der Waals surface area contributed by atoms with Crippen molar-refractivity contribution in [1.82, 2.24) is 14.9 Å². The molecule has 2 heterocycles. The molecule has 1 amide bonds. The molecule has 7 nitrogen and oxygen atoms in total. The highest BCUT2D eigenvalue weighted by molar-refractivity contribution is 7.91. The van der Waals surface area contributed by atoms with Gasteiger partial charge in [-0.05, 0) is 20.3 Å². The van der Waals surface area contributed by atoms with E-state index in [2.05, 4.69) is 15.3 Å². The Morgan fingerprint density at radius 2 is 2.00 bits per heavy atom. The first-order chi connectivity index (χ1) is 9.78. The molecule has 0 aromatic carbocycles. The van der Waals surface area contributed by atoms with Gasteiger partial charge in [-0.3, -0.25) is 4.79 Å². The van der Waals surface area contributed by atoms with Crippen molar-refractivity contribution < 1.29 is 13.2 Å². The lowest BCUT2D eigenvalue weighted by atomic mass is 10.2. The Morgan fingerprint density at radius 3 is 2.48 bits per heavy atom. The molecule has 1 atom stereocenters. The average Bonchev–Trinajstić information content (AvgIpc) is 2.77. The Balaban J connectivity index is 2.06. The topological polar surface area (TPSA) is 92.3 Å². The summed E-state index contributed by atoms with van der Waals surface area (Å²) >= 11 is 0. The van der Waals surface area contributed by atoms with Gasteiger partial charge in [0.05, 0.1) is 17.1 Å². The molecule has 21 heavy (non-hydrogen) atoms. The number of hydrogen-bond acceptors (Lipinski definition) is 6. The Kier molecular flexibility index (Phi) is 4.46. The molecule has 0 bridgehead atoms. The fraction of sp³-hybridized carbons (Fsp3) is 0.615. The van der Waals surface area contributed by atoms with Gasteiger partial charge in [0.2, 0.25) is 5.95 Å². The number of rotatable bonds is 4. The van der Waals surface area contributed by atoms with Crippen LogP contribution in [0.1, 0.15) is 30.6 Å². The summed E-state index contributed by atoms with van der Waals surface area (Å²) in [5.41, 5.74) is 0.358. The highest BCUT2D eigenvalue weighted by Crippen LogP contribution is 2.18. The zero-order chi connectivity index (χ0) is 15.6. The maximum atomic E-state index is 12.3. The Morgan fingerprint density at radius 1 is 1.38 bits per heavy atom. The number of nitrogens with one attached hydrogen (secondary N) is 1. The van der Waals surface area contributed by atoms with Crippen LogP contribution in [0, 0.1) is 0 Å². The fourth-order valence-corrected chi connectivity index (χ4v) is 4.00. The van der Waals surface area contributed by atoms with Crippen LogP contribution in [-0.2, 0) is 9.84 Å². The lowest BCUT2D eigenvalue weighted by molar-refractivity contribution is 0.0747. The molecule has 0 aliphatic carbocycles. The quantitative estimate of drug-likeness (QED) is 0.873. The molecular weight excluding hydrogens is 292 g/mol. The van der Waals surface area contributed by atoms with E-state index in [4.69, 9.17) is 0 Å². The average molecular weight is 312 g/mol. The molecule has 1 aromatic rings. The molecule has 1 fully saturated rings. The van der Waals surface area contributed by atoms with Crippen LogP contribution in [-0.4, -0.2) is 59.8 Å². The van der Waals surface area contributed by atoms with Gasteiger partial charge in [0.1, 0.15) is 0 Å². The van der Waals surface area contributed by atoms with Crippen molar-refractivity contribution in [2.45, 2.75) is 32.4 Å². The highest BCUT2D eigenvalue weighted by Gasteiger charge is 2.33.